The van der Waals surface area contributed by atoms with Gasteiger partial charge in [-0.3, -0.25) is 4.90 Å². The first-order valence-electron chi connectivity index (χ1n) is 8.35. The first-order chi connectivity index (χ1) is 9.15. The maximum Gasteiger partial charge on any atom is 0.0490 e. The third kappa shape index (κ3) is 2.57. The highest BCUT2D eigenvalue weighted by Crippen LogP contribution is 2.44. The SMILES string of the molecule is CC(C)CCN(C1CC1)C1(CN)CN2CCC1CC2. The van der Waals surface area contributed by atoms with Gasteiger partial charge < -0.3 is 10.6 Å². The summed E-state index contributed by atoms with van der Waals surface area (Å²) < 4.78 is 0. The molecule has 0 aromatic carbocycles. The summed E-state index contributed by atoms with van der Waals surface area (Å²) >= 11 is 0. The molecule has 3 heteroatoms. The number of hydrogen-bond donors (Lipinski definition) is 1. The van der Waals surface area contributed by atoms with Crippen LogP contribution in [0.5, 0.6) is 0 Å². The maximum atomic E-state index is 6.33. The summed E-state index contributed by atoms with van der Waals surface area (Å²) in [5.41, 5.74) is 6.64. The van der Waals surface area contributed by atoms with Crippen molar-refractivity contribution in [2.24, 2.45) is 17.6 Å². The average Bonchev–Trinajstić information content (AvgIpc) is 3.24. The number of fused-ring (bicyclic) bond motifs is 3. The van der Waals surface area contributed by atoms with E-state index in [1.54, 1.807) is 0 Å². The minimum atomic E-state index is 0.312. The summed E-state index contributed by atoms with van der Waals surface area (Å²) in [4.78, 5) is 5.51. The number of nitrogens with two attached hydrogens (primary N) is 1. The Bertz CT molecular complexity index is 305. The number of nitrogens with zero attached hydrogens (tertiary/aromatic N) is 2. The van der Waals surface area contributed by atoms with Gasteiger partial charge in [0.1, 0.15) is 0 Å². The van der Waals surface area contributed by atoms with Gasteiger partial charge in [0, 0.05) is 24.7 Å². The topological polar surface area (TPSA) is 32.5 Å². The van der Waals surface area contributed by atoms with Gasteiger partial charge in [0.2, 0.25) is 0 Å². The van der Waals surface area contributed by atoms with Gasteiger partial charge in [-0.1, -0.05) is 13.8 Å². The largest absolute Gasteiger partial charge is 0.329 e. The number of rotatable bonds is 6. The summed E-state index contributed by atoms with van der Waals surface area (Å²) in [5.74, 6) is 1.66. The summed E-state index contributed by atoms with van der Waals surface area (Å²) in [6, 6.07) is 0.850. The molecule has 1 unspecified atom stereocenters. The molecule has 3 nitrogen and oxygen atoms in total. The van der Waals surface area contributed by atoms with Crippen molar-refractivity contribution >= 4 is 0 Å². The molecule has 4 aliphatic rings. The van der Waals surface area contributed by atoms with Crippen LogP contribution >= 0.6 is 0 Å². The van der Waals surface area contributed by atoms with Crippen molar-refractivity contribution in [2.45, 2.75) is 57.5 Å². The van der Waals surface area contributed by atoms with Crippen LogP contribution in [0.25, 0.3) is 0 Å². The van der Waals surface area contributed by atoms with Crippen LogP contribution < -0.4 is 5.73 Å². The van der Waals surface area contributed by atoms with E-state index in [1.165, 1.54) is 58.3 Å². The first-order valence-corrected chi connectivity index (χ1v) is 8.35. The fraction of sp³-hybridized carbons (Fsp3) is 1.00. The zero-order valence-corrected chi connectivity index (χ0v) is 12.8. The van der Waals surface area contributed by atoms with Crippen molar-refractivity contribution in [1.82, 2.24) is 9.80 Å². The van der Waals surface area contributed by atoms with Crippen LogP contribution in [-0.4, -0.2) is 54.1 Å². The predicted octanol–water partition coefficient (Wildman–Crippen LogP) is 1.92. The Kier molecular flexibility index (Phi) is 3.89. The van der Waals surface area contributed by atoms with E-state index in [-0.39, 0.29) is 0 Å². The van der Waals surface area contributed by atoms with Gasteiger partial charge >= 0.3 is 0 Å². The lowest BCUT2D eigenvalue weighted by molar-refractivity contribution is -0.0727. The van der Waals surface area contributed by atoms with E-state index in [4.69, 9.17) is 5.73 Å². The van der Waals surface area contributed by atoms with E-state index in [2.05, 4.69) is 23.6 Å². The van der Waals surface area contributed by atoms with E-state index in [0.717, 1.165) is 24.4 Å². The molecule has 3 heterocycles. The maximum absolute atomic E-state index is 6.33. The van der Waals surface area contributed by atoms with E-state index >= 15 is 0 Å². The molecule has 1 aliphatic carbocycles. The Hall–Kier alpha value is -0.120. The molecular weight excluding hydrogens is 234 g/mol. The second-order valence-corrected chi connectivity index (χ2v) is 7.47. The van der Waals surface area contributed by atoms with Crippen LogP contribution in [0.2, 0.25) is 0 Å². The third-order valence-electron chi connectivity index (χ3n) is 5.71. The van der Waals surface area contributed by atoms with Crippen molar-refractivity contribution in [3.05, 3.63) is 0 Å². The molecule has 0 aromatic heterocycles. The highest BCUT2D eigenvalue weighted by molar-refractivity contribution is 5.09. The van der Waals surface area contributed by atoms with Gasteiger partial charge in [0.15, 0.2) is 0 Å². The molecule has 0 amide bonds. The molecule has 0 spiro atoms. The van der Waals surface area contributed by atoms with Gasteiger partial charge in [-0.25, -0.2) is 0 Å². The molecule has 3 saturated heterocycles. The van der Waals surface area contributed by atoms with Crippen molar-refractivity contribution in [3.8, 4) is 0 Å². The van der Waals surface area contributed by atoms with Crippen molar-refractivity contribution in [3.63, 3.8) is 0 Å². The second kappa shape index (κ2) is 5.34. The van der Waals surface area contributed by atoms with Gasteiger partial charge in [-0.2, -0.15) is 0 Å². The standard InChI is InChI=1S/C16H31N3/c1-13(2)5-10-19(15-3-4-15)16(11-17)12-18-8-6-14(16)7-9-18/h13-15H,3-12,17H2,1-2H3. The van der Waals surface area contributed by atoms with Gasteiger partial charge in [-0.15, -0.1) is 0 Å². The molecule has 4 fully saturated rings. The highest BCUT2D eigenvalue weighted by Gasteiger charge is 2.52. The molecule has 3 aliphatic heterocycles. The average molecular weight is 265 g/mol. The monoisotopic (exact) mass is 265 g/mol. The Balaban J connectivity index is 1.77. The molecule has 0 radical (unpaired) electrons. The minimum Gasteiger partial charge on any atom is -0.329 e. The zero-order chi connectivity index (χ0) is 13.5. The van der Waals surface area contributed by atoms with Crippen LogP contribution in [0.15, 0.2) is 0 Å². The summed E-state index contributed by atoms with van der Waals surface area (Å²) in [7, 11) is 0. The minimum absolute atomic E-state index is 0.312. The number of piperidine rings is 3. The quantitative estimate of drug-likeness (QED) is 0.796. The van der Waals surface area contributed by atoms with Gasteiger partial charge in [0.05, 0.1) is 0 Å². The summed E-state index contributed by atoms with van der Waals surface area (Å²) in [6.07, 6.45) is 6.90. The molecule has 19 heavy (non-hydrogen) atoms. The molecule has 4 rings (SSSR count). The Morgan fingerprint density at radius 2 is 1.89 bits per heavy atom. The van der Waals surface area contributed by atoms with Crippen LogP contribution in [0.1, 0.15) is 46.0 Å². The predicted molar refractivity (Wildman–Crippen MR) is 80.1 cm³/mol. The Labute approximate surface area is 118 Å². The third-order valence-corrected chi connectivity index (χ3v) is 5.71. The second-order valence-electron chi connectivity index (χ2n) is 7.47. The van der Waals surface area contributed by atoms with Crippen LogP contribution in [0, 0.1) is 11.8 Å². The zero-order valence-electron chi connectivity index (χ0n) is 12.8. The fourth-order valence-electron chi connectivity index (χ4n) is 4.37. The molecule has 2 bridgehead atoms. The summed E-state index contributed by atoms with van der Waals surface area (Å²) in [6.45, 7) is 10.7. The molecule has 0 aromatic rings. The lowest BCUT2D eigenvalue weighted by atomic mass is 9.71. The lowest BCUT2D eigenvalue weighted by Gasteiger charge is -2.58. The smallest absolute Gasteiger partial charge is 0.0490 e. The van der Waals surface area contributed by atoms with Gasteiger partial charge in [-0.05, 0) is 63.6 Å². The van der Waals surface area contributed by atoms with E-state index < -0.39 is 0 Å². The first kappa shape index (κ1) is 13.8. The van der Waals surface area contributed by atoms with E-state index in [9.17, 15) is 0 Å². The fourth-order valence-corrected chi connectivity index (χ4v) is 4.37. The normalized spacial score (nSPS) is 38.4. The number of hydrogen-bond acceptors (Lipinski definition) is 3. The molecule has 110 valence electrons. The van der Waals surface area contributed by atoms with Crippen LogP contribution in [-0.2, 0) is 0 Å². The summed E-state index contributed by atoms with van der Waals surface area (Å²) in [5, 5.41) is 0. The van der Waals surface area contributed by atoms with Crippen LogP contribution in [0.3, 0.4) is 0 Å². The van der Waals surface area contributed by atoms with Crippen molar-refractivity contribution in [2.75, 3.05) is 32.7 Å². The molecule has 2 N–H and O–H groups in total. The molecule has 1 saturated carbocycles. The van der Waals surface area contributed by atoms with Crippen molar-refractivity contribution in [1.29, 1.82) is 0 Å². The Morgan fingerprint density at radius 1 is 1.21 bits per heavy atom. The van der Waals surface area contributed by atoms with Crippen molar-refractivity contribution < 1.29 is 0 Å². The van der Waals surface area contributed by atoms with E-state index in [0.29, 0.717) is 5.54 Å². The lowest BCUT2D eigenvalue weighted by Crippen LogP contribution is -2.70. The molecular formula is C16H31N3. The van der Waals surface area contributed by atoms with Gasteiger partial charge in [0.25, 0.3) is 0 Å². The highest BCUT2D eigenvalue weighted by atomic mass is 15.3. The van der Waals surface area contributed by atoms with E-state index in [1.807, 2.05) is 0 Å². The molecule has 1 atom stereocenters. The Morgan fingerprint density at radius 3 is 2.32 bits per heavy atom. The van der Waals surface area contributed by atoms with Crippen LogP contribution in [0.4, 0.5) is 0 Å².